The van der Waals surface area contributed by atoms with Crippen molar-refractivity contribution < 1.29 is 25.9 Å². The van der Waals surface area contributed by atoms with Gasteiger partial charge in [0.15, 0.2) is 0 Å². The Balaban J connectivity index is 0.000000333. The third-order valence-corrected chi connectivity index (χ3v) is 10.8. The second kappa shape index (κ2) is 21.8. The zero-order chi connectivity index (χ0) is 35.2. The number of hydrogen-bond donors (Lipinski definition) is 0. The predicted molar refractivity (Wildman–Crippen MR) is 202 cm³/mol. The molecular formula is C40H54CaO6S2. The van der Waals surface area contributed by atoms with E-state index >= 15 is 0 Å². The van der Waals surface area contributed by atoms with Crippen molar-refractivity contribution in [3.8, 4) is 0 Å². The molecule has 0 radical (unpaired) electrons. The van der Waals surface area contributed by atoms with E-state index in [0.29, 0.717) is 0 Å². The van der Waals surface area contributed by atoms with Gasteiger partial charge in [0, 0.05) is 0 Å². The number of benzene rings is 4. The first-order valence-electron chi connectivity index (χ1n) is 17.9. The van der Waals surface area contributed by atoms with E-state index in [2.05, 4.69) is 39.8 Å². The van der Waals surface area contributed by atoms with Crippen molar-refractivity contribution >= 4 is 79.5 Å². The number of hydrogen-bond acceptors (Lipinski definition) is 6. The quantitative estimate of drug-likeness (QED) is 0.0571. The third kappa shape index (κ3) is 13.5. The molecule has 0 heterocycles. The summed E-state index contributed by atoms with van der Waals surface area (Å²) in [4.78, 5) is -0.255. The van der Waals surface area contributed by atoms with Gasteiger partial charge in [-0.2, -0.15) is 0 Å². The predicted octanol–water partition coefficient (Wildman–Crippen LogP) is 10.0. The molecule has 9 heteroatoms. The summed E-state index contributed by atoms with van der Waals surface area (Å²) in [5.74, 6) is 0. The maximum Gasteiger partial charge on any atom is 2.00 e. The molecule has 4 aromatic carbocycles. The topological polar surface area (TPSA) is 114 Å². The molecule has 4 aromatic rings. The SMILES string of the molecule is CCCCCc1ccc2ccc(S(=O)(=O)[O-])cc2c1CCCCC.CCCCCc1ccc2ccc(S(=O)(=O)[O-])cc2c1CCCCC.[Ca+2]. The Morgan fingerprint density at radius 1 is 0.449 bits per heavy atom. The molecule has 0 saturated heterocycles. The average Bonchev–Trinajstić information content (AvgIpc) is 3.05. The van der Waals surface area contributed by atoms with Crippen LogP contribution in [0, 0.1) is 0 Å². The van der Waals surface area contributed by atoms with E-state index in [1.807, 2.05) is 12.1 Å². The van der Waals surface area contributed by atoms with Crippen molar-refractivity contribution in [3.63, 3.8) is 0 Å². The number of unbranched alkanes of at least 4 members (excludes halogenated alkanes) is 8. The summed E-state index contributed by atoms with van der Waals surface area (Å²) in [6, 6.07) is 17.9. The van der Waals surface area contributed by atoms with Gasteiger partial charge in [-0.05, 0) is 119 Å². The first-order chi connectivity index (χ1) is 22.9. The molecule has 0 N–H and O–H groups in total. The fourth-order valence-corrected chi connectivity index (χ4v) is 7.41. The standard InChI is InChI=1S/2C20H28O3S.Ca/c2*1-3-5-7-9-16-11-12-17-13-14-18(24(21,22)23)15-20(17)19(16)10-8-6-4-2;/h2*11-15H,3-10H2,1-2H3,(H,21,22,23);/q;;+2/p-2. The van der Waals surface area contributed by atoms with Crippen LogP contribution < -0.4 is 0 Å². The van der Waals surface area contributed by atoms with Crippen LogP contribution in [0.3, 0.4) is 0 Å². The molecule has 0 aliphatic rings. The molecule has 49 heavy (non-hydrogen) atoms. The molecule has 4 rings (SSSR count). The van der Waals surface area contributed by atoms with Crippen LogP contribution in [0.5, 0.6) is 0 Å². The van der Waals surface area contributed by atoms with Crippen molar-refractivity contribution in [2.75, 3.05) is 0 Å². The summed E-state index contributed by atoms with van der Waals surface area (Å²) in [6.45, 7) is 8.72. The largest absolute Gasteiger partial charge is 2.00 e. The van der Waals surface area contributed by atoms with Gasteiger partial charge in [0.05, 0.1) is 9.79 Å². The Labute approximate surface area is 326 Å². The van der Waals surface area contributed by atoms with E-state index in [1.54, 1.807) is 24.3 Å². The fraction of sp³-hybridized carbons (Fsp3) is 0.500. The molecule has 0 unspecified atom stereocenters. The maximum absolute atomic E-state index is 11.4. The molecule has 0 aliphatic carbocycles. The average molecular weight is 735 g/mol. The van der Waals surface area contributed by atoms with Crippen LogP contribution in [0.2, 0.25) is 0 Å². The van der Waals surface area contributed by atoms with Crippen LogP contribution in [-0.4, -0.2) is 63.7 Å². The smallest absolute Gasteiger partial charge is 0.744 e. The van der Waals surface area contributed by atoms with Crippen LogP contribution in [0.15, 0.2) is 70.5 Å². The second-order valence-electron chi connectivity index (χ2n) is 12.9. The van der Waals surface area contributed by atoms with Gasteiger partial charge in [-0.1, -0.05) is 115 Å². The normalized spacial score (nSPS) is 11.7. The van der Waals surface area contributed by atoms with E-state index in [9.17, 15) is 25.9 Å². The molecule has 0 saturated carbocycles. The Morgan fingerprint density at radius 3 is 1.06 bits per heavy atom. The summed E-state index contributed by atoms with van der Waals surface area (Å²) in [7, 11) is -8.84. The first kappa shape index (κ1) is 43.6. The zero-order valence-corrected chi connectivity index (χ0v) is 33.9. The van der Waals surface area contributed by atoms with Crippen molar-refractivity contribution in [2.45, 2.75) is 140 Å². The Kier molecular flexibility index (Phi) is 19.4. The van der Waals surface area contributed by atoms with Gasteiger partial charge in [-0.25, -0.2) is 16.8 Å². The summed E-state index contributed by atoms with van der Waals surface area (Å²) in [5.41, 5.74) is 5.05. The van der Waals surface area contributed by atoms with E-state index in [-0.39, 0.29) is 47.5 Å². The Morgan fingerprint density at radius 2 is 0.755 bits per heavy atom. The van der Waals surface area contributed by atoms with Crippen molar-refractivity contribution in [3.05, 3.63) is 82.9 Å². The minimum Gasteiger partial charge on any atom is -0.744 e. The molecule has 6 nitrogen and oxygen atoms in total. The Bertz CT molecular complexity index is 1700. The maximum atomic E-state index is 11.4. The second-order valence-corrected chi connectivity index (χ2v) is 15.7. The molecular weight excluding hydrogens is 681 g/mol. The van der Waals surface area contributed by atoms with Crippen molar-refractivity contribution in [1.82, 2.24) is 0 Å². The van der Waals surface area contributed by atoms with E-state index < -0.39 is 20.2 Å². The minimum atomic E-state index is -4.42. The Hall–Kier alpha value is -1.52. The molecule has 0 bridgehead atoms. The molecule has 0 aromatic heterocycles. The van der Waals surface area contributed by atoms with Crippen LogP contribution in [0.25, 0.3) is 21.5 Å². The zero-order valence-electron chi connectivity index (χ0n) is 30.1. The van der Waals surface area contributed by atoms with Crippen LogP contribution in [-0.2, 0) is 45.9 Å². The number of fused-ring (bicyclic) bond motifs is 2. The summed E-state index contributed by atoms with van der Waals surface area (Å²) < 4.78 is 68.3. The van der Waals surface area contributed by atoms with Crippen LogP contribution >= 0.6 is 0 Å². The van der Waals surface area contributed by atoms with E-state index in [1.165, 1.54) is 60.1 Å². The van der Waals surface area contributed by atoms with Gasteiger partial charge in [0.2, 0.25) is 0 Å². The number of rotatable bonds is 18. The van der Waals surface area contributed by atoms with Crippen molar-refractivity contribution in [1.29, 1.82) is 0 Å². The molecule has 0 aliphatic heterocycles. The van der Waals surface area contributed by atoms with Crippen molar-refractivity contribution in [2.24, 2.45) is 0 Å². The monoisotopic (exact) mass is 734 g/mol. The minimum absolute atomic E-state index is 0. The van der Waals surface area contributed by atoms with Gasteiger partial charge in [0.1, 0.15) is 20.2 Å². The van der Waals surface area contributed by atoms with Gasteiger partial charge >= 0.3 is 37.7 Å². The number of aryl methyl sites for hydroxylation is 4. The molecule has 0 atom stereocenters. The molecule has 0 spiro atoms. The summed E-state index contributed by atoms with van der Waals surface area (Å²) in [6.07, 6.45) is 17.7. The summed E-state index contributed by atoms with van der Waals surface area (Å²) in [5, 5.41) is 3.87. The summed E-state index contributed by atoms with van der Waals surface area (Å²) >= 11 is 0. The van der Waals surface area contributed by atoms with Gasteiger partial charge < -0.3 is 9.11 Å². The van der Waals surface area contributed by atoms with Gasteiger partial charge in [-0.3, -0.25) is 0 Å². The molecule has 0 fully saturated rings. The van der Waals surface area contributed by atoms with Crippen LogP contribution in [0.1, 0.15) is 127 Å². The molecule has 0 amide bonds. The van der Waals surface area contributed by atoms with E-state index in [0.717, 1.165) is 98.6 Å². The van der Waals surface area contributed by atoms with Gasteiger partial charge in [0.25, 0.3) is 0 Å². The van der Waals surface area contributed by atoms with Crippen LogP contribution in [0.4, 0.5) is 0 Å². The third-order valence-electron chi connectivity index (χ3n) is 9.14. The van der Waals surface area contributed by atoms with Gasteiger partial charge in [-0.15, -0.1) is 0 Å². The fourth-order valence-electron chi connectivity index (χ4n) is 6.42. The first-order valence-corrected chi connectivity index (χ1v) is 20.8. The van der Waals surface area contributed by atoms with E-state index in [4.69, 9.17) is 0 Å². The molecule has 264 valence electrons.